The third kappa shape index (κ3) is 12.5. The quantitative estimate of drug-likeness (QED) is 0.198. The number of carboxylic acid groups (broad SMARTS) is 1. The molecule has 0 bridgehead atoms. The minimum absolute atomic E-state index is 0. The summed E-state index contributed by atoms with van der Waals surface area (Å²) in [4.78, 5) is 26.7. The fraction of sp³-hybridized carbons (Fsp3) is 0.833. The van der Waals surface area contributed by atoms with Gasteiger partial charge in [-0.25, -0.2) is 4.57 Å². The van der Waals surface area contributed by atoms with E-state index in [1.165, 1.54) is 0 Å². The summed E-state index contributed by atoms with van der Waals surface area (Å²) in [5.41, 5.74) is 0. The van der Waals surface area contributed by atoms with Gasteiger partial charge in [0.25, 0.3) is 0 Å². The van der Waals surface area contributed by atoms with Crippen molar-refractivity contribution in [2.75, 3.05) is 6.61 Å². The van der Waals surface area contributed by atoms with E-state index in [0.29, 0.717) is 0 Å². The summed E-state index contributed by atoms with van der Waals surface area (Å²) >= 11 is 0. The van der Waals surface area contributed by atoms with Crippen molar-refractivity contribution in [1.82, 2.24) is 0 Å². The van der Waals surface area contributed by atoms with Gasteiger partial charge >= 0.3 is 72.9 Å². The fourth-order valence-corrected chi connectivity index (χ4v) is 1.18. The number of aliphatic carboxylic acids is 1. The average Bonchev–Trinajstić information content (AvgIpc) is 2.10. The Morgan fingerprint density at radius 1 is 1.17 bits per heavy atom. The maximum Gasteiger partial charge on any atom is 1.00 e. The van der Waals surface area contributed by atoms with E-state index in [1.807, 2.05) is 0 Å². The summed E-state index contributed by atoms with van der Waals surface area (Å²) in [6.07, 6.45) is -6.24. The number of aliphatic hydroxyl groups excluding tert-OH is 3. The van der Waals surface area contributed by atoms with E-state index in [1.54, 1.807) is 0 Å². The van der Waals surface area contributed by atoms with Crippen molar-refractivity contribution in [3.8, 4) is 0 Å². The average molecular weight is 308 g/mol. The van der Waals surface area contributed by atoms with Gasteiger partial charge < -0.3 is 33.1 Å². The van der Waals surface area contributed by atoms with Crippen molar-refractivity contribution in [2.24, 2.45) is 0 Å². The Balaban J connectivity index is -0.000000187. The summed E-state index contributed by atoms with van der Waals surface area (Å²) in [6, 6.07) is 0. The summed E-state index contributed by atoms with van der Waals surface area (Å²) in [6.45, 7) is -0.928. The molecular formula is C6H15Na2O9P. The monoisotopic (exact) mass is 308 g/mol. The molecule has 0 amide bonds. The molecule has 0 aliphatic rings. The summed E-state index contributed by atoms with van der Waals surface area (Å²) in [7, 11) is -4.79. The molecule has 0 aliphatic carbocycles. The Morgan fingerprint density at radius 3 is 1.94 bits per heavy atom. The van der Waals surface area contributed by atoms with Crippen LogP contribution >= 0.6 is 7.82 Å². The van der Waals surface area contributed by atoms with Gasteiger partial charge in [0.1, 0.15) is 12.2 Å². The van der Waals surface area contributed by atoms with Crippen LogP contribution in [-0.2, 0) is 13.9 Å². The van der Waals surface area contributed by atoms with E-state index in [2.05, 4.69) is 4.52 Å². The fourth-order valence-electron chi connectivity index (χ4n) is 0.828. The first-order valence-corrected chi connectivity index (χ1v) is 5.62. The Kier molecular flexibility index (Phi) is 15.2. The Bertz CT molecular complexity index is 292. The molecule has 0 heterocycles. The third-order valence-electron chi connectivity index (χ3n) is 1.59. The van der Waals surface area contributed by atoms with Gasteiger partial charge in [0.15, 0.2) is 0 Å². The molecule has 0 aromatic carbocycles. The first-order valence-electron chi connectivity index (χ1n) is 4.09. The molecular weight excluding hydrogens is 293 g/mol. The van der Waals surface area contributed by atoms with Crippen molar-refractivity contribution in [3.05, 3.63) is 0 Å². The van der Waals surface area contributed by atoms with E-state index in [0.717, 1.165) is 0 Å². The van der Waals surface area contributed by atoms with Crippen LogP contribution in [0, 0.1) is 0 Å². The van der Waals surface area contributed by atoms with Crippen LogP contribution in [0.2, 0.25) is 0 Å². The van der Waals surface area contributed by atoms with Gasteiger partial charge in [-0.05, 0) is 0 Å². The minimum Gasteiger partial charge on any atom is -1.00 e. The Labute approximate surface area is 150 Å². The number of rotatable bonds is 7. The molecule has 0 aromatic heterocycles. The van der Waals surface area contributed by atoms with Crippen molar-refractivity contribution >= 4 is 13.8 Å². The summed E-state index contributed by atoms with van der Waals surface area (Å²) in [5, 5.41) is 35.5. The smallest absolute Gasteiger partial charge is 1.00 e. The second-order valence-corrected chi connectivity index (χ2v) is 4.25. The molecule has 0 saturated heterocycles. The molecule has 0 fully saturated rings. The molecule has 100 valence electrons. The van der Waals surface area contributed by atoms with Crippen molar-refractivity contribution in [3.63, 3.8) is 0 Å². The van der Waals surface area contributed by atoms with Gasteiger partial charge in [-0.15, -0.1) is 0 Å². The van der Waals surface area contributed by atoms with Crippen LogP contribution in [0.5, 0.6) is 0 Å². The second kappa shape index (κ2) is 11.2. The molecule has 0 aromatic rings. The minimum atomic E-state index is -4.79. The molecule has 0 saturated carbocycles. The second-order valence-electron chi connectivity index (χ2n) is 3.01. The van der Waals surface area contributed by atoms with E-state index >= 15 is 0 Å². The molecule has 0 radical (unpaired) electrons. The van der Waals surface area contributed by atoms with E-state index < -0.39 is 45.1 Å². The van der Waals surface area contributed by atoms with E-state index in [4.69, 9.17) is 30.2 Å². The van der Waals surface area contributed by atoms with Crippen LogP contribution in [0.1, 0.15) is 9.27 Å². The SMILES string of the molecule is O=C(O)C[C@H](O)[C@@H](O)[C@H](O)COP(=O)(O)O.[H-].[H-].[Na+].[Na+]. The zero-order chi connectivity index (χ0) is 12.9. The first kappa shape index (κ1) is 24.5. The van der Waals surface area contributed by atoms with Crippen LogP contribution in [0.25, 0.3) is 0 Å². The number of carboxylic acids is 1. The van der Waals surface area contributed by atoms with E-state index in [-0.39, 0.29) is 62.0 Å². The van der Waals surface area contributed by atoms with Crippen molar-refractivity contribution in [1.29, 1.82) is 0 Å². The predicted molar refractivity (Wildman–Crippen MR) is 50.5 cm³/mol. The number of carbonyl (C=O) groups is 1. The zero-order valence-electron chi connectivity index (χ0n) is 12.0. The molecule has 18 heavy (non-hydrogen) atoms. The van der Waals surface area contributed by atoms with E-state index in [9.17, 15) is 9.36 Å². The number of phosphoric acid groups is 1. The third-order valence-corrected chi connectivity index (χ3v) is 2.07. The first-order chi connectivity index (χ1) is 7.13. The largest absolute Gasteiger partial charge is 1.00 e. The standard InChI is InChI=1S/C6H13O9P.2Na.2H/c7-3(1-5(9)10)6(11)4(8)2-15-16(12,13)14;;;;/h3-4,6-8,11H,1-2H2,(H,9,10)(H2,12,13,14);;;;/q;2*+1;2*-1/t3-,4+,6+;;;;/m0..../s1. The normalized spacial score (nSPS) is 15.8. The van der Waals surface area contributed by atoms with Crippen LogP contribution < -0.4 is 59.1 Å². The van der Waals surface area contributed by atoms with Gasteiger partial charge in [-0.3, -0.25) is 9.32 Å². The summed E-state index contributed by atoms with van der Waals surface area (Å²) in [5.74, 6) is -1.39. The van der Waals surface area contributed by atoms with Gasteiger partial charge in [0, 0.05) is 0 Å². The van der Waals surface area contributed by atoms with Gasteiger partial charge in [0.05, 0.1) is 19.1 Å². The Hall–Kier alpha value is 1.46. The molecule has 6 N–H and O–H groups in total. The van der Waals surface area contributed by atoms with Crippen molar-refractivity contribution < 1.29 is 106 Å². The molecule has 12 heteroatoms. The number of hydrogen-bond acceptors (Lipinski definition) is 6. The van der Waals surface area contributed by atoms with Crippen LogP contribution in [-0.4, -0.2) is 61.1 Å². The van der Waals surface area contributed by atoms with Gasteiger partial charge in [-0.2, -0.15) is 0 Å². The molecule has 3 atom stereocenters. The number of aliphatic hydroxyl groups is 3. The van der Waals surface area contributed by atoms with Gasteiger partial charge in [-0.1, -0.05) is 0 Å². The van der Waals surface area contributed by atoms with Gasteiger partial charge in [0.2, 0.25) is 0 Å². The topological polar surface area (TPSA) is 165 Å². The number of hydrogen-bond donors (Lipinski definition) is 6. The molecule has 0 unspecified atom stereocenters. The zero-order valence-corrected chi connectivity index (χ0v) is 14.9. The predicted octanol–water partition coefficient (Wildman–Crippen LogP) is -8.11. The Morgan fingerprint density at radius 2 is 1.61 bits per heavy atom. The van der Waals surface area contributed by atoms with Crippen LogP contribution in [0.15, 0.2) is 0 Å². The maximum absolute atomic E-state index is 10.2. The molecule has 0 spiro atoms. The molecule has 0 aliphatic heterocycles. The summed E-state index contributed by atoms with van der Waals surface area (Å²) < 4.78 is 14.1. The number of phosphoric ester groups is 1. The van der Waals surface area contributed by atoms with Crippen LogP contribution in [0.3, 0.4) is 0 Å². The maximum atomic E-state index is 10.2. The van der Waals surface area contributed by atoms with Crippen molar-refractivity contribution in [2.45, 2.75) is 24.7 Å². The van der Waals surface area contributed by atoms with Crippen LogP contribution in [0.4, 0.5) is 0 Å². The molecule has 0 rings (SSSR count). The molecule has 9 nitrogen and oxygen atoms in total.